The highest BCUT2D eigenvalue weighted by Gasteiger charge is 2.36. The van der Waals surface area contributed by atoms with Gasteiger partial charge in [-0.1, -0.05) is 54.6 Å². The third-order valence-electron chi connectivity index (χ3n) is 5.72. The second kappa shape index (κ2) is 10.7. The van der Waals surface area contributed by atoms with Gasteiger partial charge in [0.25, 0.3) is 11.1 Å². The van der Waals surface area contributed by atoms with Crippen LogP contribution >= 0.6 is 11.8 Å². The minimum atomic E-state index is -0.561. The first kappa shape index (κ1) is 24.3. The lowest BCUT2D eigenvalue weighted by atomic mass is 10.1. The molecule has 5 rings (SSSR count). The summed E-state index contributed by atoms with van der Waals surface area (Å²) in [4.78, 5) is 38.8. The molecule has 1 saturated heterocycles. The van der Waals surface area contributed by atoms with Crippen LogP contribution in [0.2, 0.25) is 0 Å². The van der Waals surface area contributed by atoms with Gasteiger partial charge < -0.3 is 10.1 Å². The lowest BCUT2D eigenvalue weighted by Crippen LogP contribution is -2.36. The summed E-state index contributed by atoms with van der Waals surface area (Å²) in [6.07, 6.45) is 1.60. The van der Waals surface area contributed by atoms with Crippen molar-refractivity contribution in [1.29, 1.82) is 0 Å². The smallest absolute Gasteiger partial charge is 0.294 e. The molecule has 0 unspecified atom stereocenters. The van der Waals surface area contributed by atoms with Gasteiger partial charge in [0.1, 0.15) is 24.7 Å². The molecule has 0 spiro atoms. The Labute approximate surface area is 216 Å². The normalized spacial score (nSPS) is 14.4. The molecule has 0 saturated carbocycles. The first-order valence-corrected chi connectivity index (χ1v) is 12.3. The average Bonchev–Trinajstić information content (AvgIpc) is 3.16. The standard InChI is InChI=1S/C29H21FN2O4S/c30-23-11-13-24(14-12-23)31-27(33)17-32-28(34)26(37-29(32)35)16-22-7-3-4-8-25(22)36-18-19-9-10-20-5-1-2-6-21(20)15-19/h1-16H,17-18H2,(H,31,33)/b26-16-. The van der Waals surface area contributed by atoms with Gasteiger partial charge in [0.2, 0.25) is 5.91 Å². The summed E-state index contributed by atoms with van der Waals surface area (Å²) in [5.41, 5.74) is 2.01. The molecule has 1 fully saturated rings. The fourth-order valence-electron chi connectivity index (χ4n) is 3.88. The molecule has 6 nitrogen and oxygen atoms in total. The number of hydrogen-bond donors (Lipinski definition) is 1. The van der Waals surface area contributed by atoms with Crippen LogP contribution in [0.15, 0.2) is 95.9 Å². The van der Waals surface area contributed by atoms with Gasteiger partial charge in [0.05, 0.1) is 4.91 Å². The van der Waals surface area contributed by atoms with E-state index in [1.54, 1.807) is 18.2 Å². The van der Waals surface area contributed by atoms with Crippen molar-refractivity contribution in [3.63, 3.8) is 0 Å². The van der Waals surface area contributed by atoms with Crippen molar-refractivity contribution in [2.45, 2.75) is 6.61 Å². The van der Waals surface area contributed by atoms with Crippen molar-refractivity contribution < 1.29 is 23.5 Å². The third-order valence-corrected chi connectivity index (χ3v) is 6.62. The van der Waals surface area contributed by atoms with Crippen molar-refractivity contribution >= 4 is 51.4 Å². The minimum absolute atomic E-state index is 0.196. The minimum Gasteiger partial charge on any atom is -0.488 e. The molecule has 1 aliphatic heterocycles. The first-order chi connectivity index (χ1) is 18.0. The van der Waals surface area contributed by atoms with Crippen LogP contribution in [0.1, 0.15) is 11.1 Å². The zero-order chi connectivity index (χ0) is 25.8. The van der Waals surface area contributed by atoms with E-state index in [0.717, 1.165) is 33.0 Å². The summed E-state index contributed by atoms with van der Waals surface area (Å²) in [5.74, 6) is -0.991. The number of nitrogens with zero attached hydrogens (tertiary/aromatic N) is 1. The summed E-state index contributed by atoms with van der Waals surface area (Å²) >= 11 is 0.765. The van der Waals surface area contributed by atoms with Crippen molar-refractivity contribution in [2.24, 2.45) is 0 Å². The fraction of sp³-hybridized carbons (Fsp3) is 0.0690. The number of nitrogens with one attached hydrogen (secondary N) is 1. The van der Waals surface area contributed by atoms with Crippen LogP contribution in [0.4, 0.5) is 14.9 Å². The van der Waals surface area contributed by atoms with E-state index in [4.69, 9.17) is 4.74 Å². The molecule has 4 aromatic rings. The number of hydrogen-bond acceptors (Lipinski definition) is 5. The van der Waals surface area contributed by atoms with Crippen LogP contribution in [0.5, 0.6) is 5.75 Å². The van der Waals surface area contributed by atoms with E-state index in [0.29, 0.717) is 23.6 Å². The zero-order valence-electron chi connectivity index (χ0n) is 19.5. The average molecular weight is 513 g/mol. The van der Waals surface area contributed by atoms with Crippen LogP contribution in [-0.4, -0.2) is 28.5 Å². The molecule has 8 heteroatoms. The molecule has 0 bridgehead atoms. The Morgan fingerprint density at radius 1 is 0.919 bits per heavy atom. The van der Waals surface area contributed by atoms with Gasteiger partial charge in [-0.25, -0.2) is 4.39 Å². The predicted octanol–water partition coefficient (Wildman–Crippen LogP) is 6.23. The summed E-state index contributed by atoms with van der Waals surface area (Å²) in [7, 11) is 0. The predicted molar refractivity (Wildman–Crippen MR) is 142 cm³/mol. The highest BCUT2D eigenvalue weighted by molar-refractivity contribution is 8.18. The van der Waals surface area contributed by atoms with Crippen molar-refractivity contribution in [3.05, 3.63) is 113 Å². The van der Waals surface area contributed by atoms with Crippen LogP contribution in [0.25, 0.3) is 16.8 Å². The van der Waals surface area contributed by atoms with E-state index in [1.165, 1.54) is 24.3 Å². The molecule has 0 radical (unpaired) electrons. The Balaban J connectivity index is 1.27. The number of thioether (sulfide) groups is 1. The largest absolute Gasteiger partial charge is 0.488 e. The monoisotopic (exact) mass is 512 g/mol. The highest BCUT2D eigenvalue weighted by atomic mass is 32.2. The van der Waals surface area contributed by atoms with E-state index >= 15 is 0 Å². The number of benzene rings is 4. The molecular weight excluding hydrogens is 491 g/mol. The summed E-state index contributed by atoms with van der Waals surface area (Å²) < 4.78 is 19.1. The lowest BCUT2D eigenvalue weighted by molar-refractivity contribution is -0.127. The molecular formula is C29H21FN2O4S. The SMILES string of the molecule is O=C(CN1C(=O)S/C(=C\c2ccccc2OCc2ccc3ccccc3c2)C1=O)Nc1ccc(F)cc1. The molecule has 4 aromatic carbocycles. The van der Waals surface area contributed by atoms with Gasteiger partial charge in [-0.15, -0.1) is 0 Å². The van der Waals surface area contributed by atoms with Crippen LogP contribution in [0, 0.1) is 5.82 Å². The van der Waals surface area contributed by atoms with Gasteiger partial charge in [0, 0.05) is 11.3 Å². The number of carbonyl (C=O) groups excluding carboxylic acids is 3. The molecule has 0 atom stereocenters. The van der Waals surface area contributed by atoms with Gasteiger partial charge in [-0.3, -0.25) is 19.3 Å². The van der Waals surface area contributed by atoms with E-state index in [-0.39, 0.29) is 4.91 Å². The second-order valence-corrected chi connectivity index (χ2v) is 9.32. The maximum absolute atomic E-state index is 13.1. The van der Waals surface area contributed by atoms with Crippen molar-refractivity contribution in [3.8, 4) is 5.75 Å². The number of imide groups is 1. The molecule has 1 N–H and O–H groups in total. The lowest BCUT2D eigenvalue weighted by Gasteiger charge is -2.12. The Hall–Kier alpha value is -4.43. The van der Waals surface area contributed by atoms with Crippen LogP contribution < -0.4 is 10.1 Å². The molecule has 0 aliphatic carbocycles. The Kier molecular flexibility index (Phi) is 7.00. The third kappa shape index (κ3) is 5.70. The number of carbonyl (C=O) groups is 3. The van der Waals surface area contributed by atoms with Gasteiger partial charge in [0.15, 0.2) is 0 Å². The fourth-order valence-corrected chi connectivity index (χ4v) is 4.70. The van der Waals surface area contributed by atoms with Gasteiger partial charge >= 0.3 is 0 Å². The number of amides is 3. The Morgan fingerprint density at radius 2 is 1.65 bits per heavy atom. The maximum Gasteiger partial charge on any atom is 0.294 e. The van der Waals surface area contributed by atoms with E-state index in [9.17, 15) is 18.8 Å². The quantitative estimate of drug-likeness (QED) is 0.297. The highest BCUT2D eigenvalue weighted by Crippen LogP contribution is 2.34. The van der Waals surface area contributed by atoms with Crippen LogP contribution in [0.3, 0.4) is 0 Å². The Morgan fingerprint density at radius 3 is 2.46 bits per heavy atom. The summed E-state index contributed by atoms with van der Waals surface area (Å²) in [6, 6.07) is 26.6. The number of ether oxygens (including phenoxy) is 1. The maximum atomic E-state index is 13.1. The number of halogens is 1. The molecule has 3 amide bonds. The van der Waals surface area contributed by atoms with Crippen molar-refractivity contribution in [1.82, 2.24) is 4.90 Å². The van der Waals surface area contributed by atoms with Crippen LogP contribution in [-0.2, 0) is 16.2 Å². The second-order valence-electron chi connectivity index (χ2n) is 8.33. The molecule has 184 valence electrons. The number of para-hydroxylation sites is 1. The Bertz CT molecular complexity index is 1530. The number of rotatable bonds is 7. The van der Waals surface area contributed by atoms with E-state index < -0.39 is 29.4 Å². The first-order valence-electron chi connectivity index (χ1n) is 11.5. The van der Waals surface area contributed by atoms with Gasteiger partial charge in [-0.2, -0.15) is 0 Å². The number of fused-ring (bicyclic) bond motifs is 1. The van der Waals surface area contributed by atoms with Crippen molar-refractivity contribution in [2.75, 3.05) is 11.9 Å². The zero-order valence-corrected chi connectivity index (χ0v) is 20.3. The molecule has 37 heavy (non-hydrogen) atoms. The number of anilines is 1. The van der Waals surface area contributed by atoms with E-state index in [2.05, 4.69) is 17.4 Å². The van der Waals surface area contributed by atoms with Gasteiger partial charge in [-0.05, 0) is 70.6 Å². The van der Waals surface area contributed by atoms with E-state index in [1.807, 2.05) is 42.5 Å². The summed E-state index contributed by atoms with van der Waals surface area (Å²) in [5, 5.41) is 4.28. The topological polar surface area (TPSA) is 75.7 Å². The summed E-state index contributed by atoms with van der Waals surface area (Å²) in [6.45, 7) is -0.111. The molecule has 1 aliphatic rings. The molecule has 1 heterocycles. The molecule has 0 aromatic heterocycles.